The Balaban J connectivity index is 2.71. The van der Waals surface area contributed by atoms with Gasteiger partial charge in [-0.15, -0.1) is 0 Å². The summed E-state index contributed by atoms with van der Waals surface area (Å²) < 4.78 is 9.37. The van der Waals surface area contributed by atoms with E-state index in [1.54, 1.807) is 6.07 Å². The third kappa shape index (κ3) is 3.83. The Labute approximate surface area is 104 Å². The van der Waals surface area contributed by atoms with E-state index in [9.17, 15) is 9.59 Å². The summed E-state index contributed by atoms with van der Waals surface area (Å²) in [6.07, 6.45) is -0.891. The van der Waals surface area contributed by atoms with Crippen LogP contribution in [0, 0.1) is 0 Å². The molecule has 0 amide bonds. The molecular formula is C12H15NO5. The summed E-state index contributed by atoms with van der Waals surface area (Å²) in [4.78, 5) is 22.9. The molecule has 0 heterocycles. The van der Waals surface area contributed by atoms with Crippen molar-refractivity contribution in [3.05, 3.63) is 35.4 Å². The highest BCUT2D eigenvalue weighted by Crippen LogP contribution is 2.08. The van der Waals surface area contributed by atoms with E-state index in [0.717, 1.165) is 0 Å². The lowest BCUT2D eigenvalue weighted by atomic mass is 10.1. The maximum atomic E-state index is 11.6. The molecule has 1 rings (SSSR count). The van der Waals surface area contributed by atoms with Crippen molar-refractivity contribution < 1.29 is 24.2 Å². The molecule has 3 N–H and O–H groups in total. The van der Waals surface area contributed by atoms with E-state index in [0.29, 0.717) is 0 Å². The van der Waals surface area contributed by atoms with Crippen LogP contribution in [-0.2, 0) is 9.47 Å². The van der Waals surface area contributed by atoms with E-state index in [1.165, 1.54) is 25.3 Å². The highest BCUT2D eigenvalue weighted by molar-refractivity contribution is 5.95. The van der Waals surface area contributed by atoms with E-state index in [1.807, 2.05) is 0 Å². The van der Waals surface area contributed by atoms with Crippen LogP contribution in [0.4, 0.5) is 0 Å². The van der Waals surface area contributed by atoms with Crippen molar-refractivity contribution in [1.82, 2.24) is 0 Å². The number of esters is 2. The molecular weight excluding hydrogens is 238 g/mol. The van der Waals surface area contributed by atoms with E-state index in [-0.39, 0.29) is 24.3 Å². The Kier molecular flexibility index (Phi) is 5.29. The average molecular weight is 253 g/mol. The van der Waals surface area contributed by atoms with Gasteiger partial charge < -0.3 is 20.3 Å². The Morgan fingerprint density at radius 3 is 2.50 bits per heavy atom. The number of ether oxygens (including phenoxy) is 2. The van der Waals surface area contributed by atoms with Crippen molar-refractivity contribution in [3.8, 4) is 0 Å². The topological polar surface area (TPSA) is 98.9 Å². The number of hydrogen-bond acceptors (Lipinski definition) is 6. The summed E-state index contributed by atoms with van der Waals surface area (Å²) in [5.41, 5.74) is 5.64. The monoisotopic (exact) mass is 253 g/mol. The molecule has 1 atom stereocenters. The molecule has 18 heavy (non-hydrogen) atoms. The van der Waals surface area contributed by atoms with Gasteiger partial charge in [0.05, 0.1) is 18.2 Å². The average Bonchev–Trinajstić information content (AvgIpc) is 2.43. The van der Waals surface area contributed by atoms with Gasteiger partial charge >= 0.3 is 11.9 Å². The molecule has 0 bridgehead atoms. The zero-order chi connectivity index (χ0) is 13.5. The smallest absolute Gasteiger partial charge is 0.338 e. The van der Waals surface area contributed by atoms with Crippen LogP contribution in [-0.4, -0.2) is 43.4 Å². The number of carbonyl (C=O) groups excluding carboxylic acids is 2. The second kappa shape index (κ2) is 6.73. The molecule has 0 spiro atoms. The zero-order valence-electron chi connectivity index (χ0n) is 9.96. The molecule has 0 aliphatic rings. The number of hydrogen-bond donors (Lipinski definition) is 2. The molecule has 0 radical (unpaired) electrons. The summed E-state index contributed by atoms with van der Waals surface area (Å²) in [6.45, 7) is -0.173. The van der Waals surface area contributed by atoms with Gasteiger partial charge in [0, 0.05) is 6.54 Å². The molecule has 1 aromatic carbocycles. The van der Waals surface area contributed by atoms with Crippen molar-refractivity contribution in [2.45, 2.75) is 6.10 Å². The van der Waals surface area contributed by atoms with Gasteiger partial charge in [-0.2, -0.15) is 0 Å². The molecule has 0 saturated carbocycles. The minimum Gasteiger partial charge on any atom is -0.465 e. The van der Waals surface area contributed by atoms with E-state index in [4.69, 9.17) is 15.6 Å². The van der Waals surface area contributed by atoms with Crippen molar-refractivity contribution in [3.63, 3.8) is 0 Å². The number of aliphatic hydroxyl groups is 1. The van der Waals surface area contributed by atoms with Crippen LogP contribution in [0.25, 0.3) is 0 Å². The Morgan fingerprint density at radius 2 is 1.94 bits per heavy atom. The first-order valence-corrected chi connectivity index (χ1v) is 5.32. The van der Waals surface area contributed by atoms with Gasteiger partial charge in [-0.05, 0) is 18.2 Å². The quantitative estimate of drug-likeness (QED) is 0.714. The van der Waals surface area contributed by atoms with E-state index >= 15 is 0 Å². The van der Waals surface area contributed by atoms with Crippen molar-refractivity contribution in [1.29, 1.82) is 0 Å². The molecule has 6 nitrogen and oxygen atoms in total. The minimum absolute atomic E-state index is 0.00941. The van der Waals surface area contributed by atoms with E-state index < -0.39 is 18.0 Å². The fraction of sp³-hybridized carbons (Fsp3) is 0.333. The van der Waals surface area contributed by atoms with Crippen LogP contribution in [0.1, 0.15) is 20.7 Å². The first kappa shape index (κ1) is 14.1. The first-order chi connectivity index (χ1) is 8.58. The lowest BCUT2D eigenvalue weighted by Crippen LogP contribution is -2.26. The number of rotatable bonds is 5. The van der Waals surface area contributed by atoms with Crippen LogP contribution in [0.3, 0.4) is 0 Å². The van der Waals surface area contributed by atoms with Crippen LogP contribution >= 0.6 is 0 Å². The zero-order valence-corrected chi connectivity index (χ0v) is 9.96. The molecule has 1 aromatic rings. The summed E-state index contributed by atoms with van der Waals surface area (Å²) in [7, 11) is 1.25. The number of benzene rings is 1. The Morgan fingerprint density at radius 1 is 1.33 bits per heavy atom. The normalized spacial score (nSPS) is 11.7. The van der Waals surface area contributed by atoms with Gasteiger partial charge in [-0.25, -0.2) is 9.59 Å². The molecule has 1 unspecified atom stereocenters. The number of carbonyl (C=O) groups is 2. The summed E-state index contributed by atoms with van der Waals surface area (Å²) in [5.74, 6) is -1.17. The number of aliphatic hydroxyl groups excluding tert-OH is 1. The minimum atomic E-state index is -0.891. The SMILES string of the molecule is COC(=O)c1cccc(C(=O)OCC(O)CN)c1. The molecule has 0 aliphatic carbocycles. The fourth-order valence-electron chi connectivity index (χ4n) is 1.21. The fourth-order valence-corrected chi connectivity index (χ4v) is 1.21. The predicted molar refractivity (Wildman–Crippen MR) is 63.1 cm³/mol. The number of nitrogens with two attached hydrogens (primary N) is 1. The maximum Gasteiger partial charge on any atom is 0.338 e. The lowest BCUT2D eigenvalue weighted by molar-refractivity contribution is 0.0277. The van der Waals surface area contributed by atoms with Crippen molar-refractivity contribution in [2.75, 3.05) is 20.3 Å². The largest absolute Gasteiger partial charge is 0.465 e. The second-order valence-electron chi connectivity index (χ2n) is 3.56. The third-order valence-electron chi connectivity index (χ3n) is 2.20. The molecule has 0 saturated heterocycles. The standard InChI is InChI=1S/C12H15NO5/c1-17-11(15)8-3-2-4-9(5-8)12(16)18-7-10(14)6-13/h2-5,10,14H,6-7,13H2,1H3. The van der Waals surface area contributed by atoms with Gasteiger partial charge in [0.25, 0.3) is 0 Å². The highest BCUT2D eigenvalue weighted by atomic mass is 16.5. The van der Waals surface area contributed by atoms with Gasteiger partial charge in [-0.3, -0.25) is 0 Å². The second-order valence-corrected chi connectivity index (χ2v) is 3.56. The Hall–Kier alpha value is -1.92. The van der Waals surface area contributed by atoms with Gasteiger partial charge in [-0.1, -0.05) is 6.07 Å². The predicted octanol–water partition coefficient (Wildman–Crippen LogP) is -0.0504. The van der Waals surface area contributed by atoms with Gasteiger partial charge in [0.2, 0.25) is 0 Å². The third-order valence-corrected chi connectivity index (χ3v) is 2.20. The van der Waals surface area contributed by atoms with Gasteiger partial charge in [0.1, 0.15) is 12.7 Å². The van der Waals surface area contributed by atoms with Crippen LogP contribution in [0.2, 0.25) is 0 Å². The van der Waals surface area contributed by atoms with Crippen LogP contribution < -0.4 is 5.73 Å². The van der Waals surface area contributed by atoms with Crippen molar-refractivity contribution in [2.24, 2.45) is 5.73 Å². The summed E-state index contributed by atoms with van der Waals surface area (Å²) in [6, 6.07) is 5.94. The number of methoxy groups -OCH3 is 1. The van der Waals surface area contributed by atoms with Gasteiger partial charge in [0.15, 0.2) is 0 Å². The molecule has 6 heteroatoms. The molecule has 0 aliphatic heterocycles. The molecule has 0 fully saturated rings. The van der Waals surface area contributed by atoms with Crippen LogP contribution in [0.5, 0.6) is 0 Å². The van der Waals surface area contributed by atoms with E-state index in [2.05, 4.69) is 4.74 Å². The van der Waals surface area contributed by atoms with Crippen molar-refractivity contribution >= 4 is 11.9 Å². The van der Waals surface area contributed by atoms with Crippen LogP contribution in [0.15, 0.2) is 24.3 Å². The molecule has 98 valence electrons. The lowest BCUT2D eigenvalue weighted by Gasteiger charge is -2.09. The maximum absolute atomic E-state index is 11.6. The summed E-state index contributed by atoms with van der Waals surface area (Å²) in [5, 5.41) is 9.16. The molecule has 0 aromatic heterocycles. The highest BCUT2D eigenvalue weighted by Gasteiger charge is 2.13. The Bertz CT molecular complexity index is 432. The first-order valence-electron chi connectivity index (χ1n) is 5.32. The summed E-state index contributed by atoms with van der Waals surface area (Å²) >= 11 is 0.